The molecule has 17 heavy (non-hydrogen) atoms. The molecule has 2 aromatic heterocycles. The van der Waals surface area contributed by atoms with E-state index in [1.54, 1.807) is 15.4 Å². The summed E-state index contributed by atoms with van der Waals surface area (Å²) < 4.78 is 3.76. The SMILES string of the molecule is Cc1c(N)cn(Cc2ccn(C)n2)c(=O)c1Br. The molecule has 2 rings (SSSR count). The fourth-order valence-electron chi connectivity index (χ4n) is 1.58. The van der Waals surface area contributed by atoms with E-state index in [1.807, 2.05) is 26.2 Å². The zero-order chi connectivity index (χ0) is 12.6. The topological polar surface area (TPSA) is 65.8 Å². The fourth-order valence-corrected chi connectivity index (χ4v) is 2.03. The molecular weight excluding hydrogens is 284 g/mol. The Kier molecular flexibility index (Phi) is 3.06. The lowest BCUT2D eigenvalue weighted by atomic mass is 10.2. The van der Waals surface area contributed by atoms with Gasteiger partial charge in [0.2, 0.25) is 0 Å². The third-order valence-electron chi connectivity index (χ3n) is 2.61. The van der Waals surface area contributed by atoms with E-state index in [9.17, 15) is 4.79 Å². The van der Waals surface area contributed by atoms with Crippen molar-refractivity contribution in [2.45, 2.75) is 13.5 Å². The highest BCUT2D eigenvalue weighted by Crippen LogP contribution is 2.17. The van der Waals surface area contributed by atoms with Crippen LogP contribution in [0.5, 0.6) is 0 Å². The smallest absolute Gasteiger partial charge is 0.265 e. The van der Waals surface area contributed by atoms with Gasteiger partial charge in [-0.1, -0.05) is 0 Å². The van der Waals surface area contributed by atoms with Crippen molar-refractivity contribution in [3.05, 3.63) is 44.5 Å². The summed E-state index contributed by atoms with van der Waals surface area (Å²) in [5, 5.41) is 4.23. The largest absolute Gasteiger partial charge is 0.397 e. The molecule has 0 fully saturated rings. The van der Waals surface area contributed by atoms with Crippen molar-refractivity contribution in [2.75, 3.05) is 5.73 Å². The first-order valence-corrected chi connectivity index (χ1v) is 5.92. The number of rotatable bonds is 2. The Morgan fingerprint density at radius 2 is 2.24 bits per heavy atom. The number of aryl methyl sites for hydroxylation is 1. The van der Waals surface area contributed by atoms with E-state index in [-0.39, 0.29) is 5.56 Å². The quantitative estimate of drug-likeness (QED) is 0.908. The van der Waals surface area contributed by atoms with Crippen LogP contribution >= 0.6 is 15.9 Å². The molecule has 0 aliphatic heterocycles. The Balaban J connectivity index is 2.43. The van der Waals surface area contributed by atoms with Crippen molar-refractivity contribution in [3.63, 3.8) is 0 Å². The van der Waals surface area contributed by atoms with E-state index in [2.05, 4.69) is 21.0 Å². The van der Waals surface area contributed by atoms with Crippen molar-refractivity contribution in [3.8, 4) is 0 Å². The second-order valence-corrected chi connectivity index (χ2v) is 4.73. The van der Waals surface area contributed by atoms with Gasteiger partial charge in [-0.2, -0.15) is 5.10 Å². The molecule has 0 aromatic carbocycles. The maximum Gasteiger partial charge on any atom is 0.265 e. The average molecular weight is 297 g/mol. The zero-order valence-electron chi connectivity index (χ0n) is 9.64. The molecule has 0 aliphatic carbocycles. The van der Waals surface area contributed by atoms with Gasteiger partial charge in [-0.25, -0.2) is 0 Å². The van der Waals surface area contributed by atoms with Crippen molar-refractivity contribution in [2.24, 2.45) is 7.05 Å². The fraction of sp³-hybridized carbons (Fsp3) is 0.273. The minimum absolute atomic E-state index is 0.0950. The molecule has 2 heterocycles. The van der Waals surface area contributed by atoms with Crippen LogP contribution in [0.2, 0.25) is 0 Å². The summed E-state index contributed by atoms with van der Waals surface area (Å²) in [5.41, 5.74) is 7.92. The summed E-state index contributed by atoms with van der Waals surface area (Å²) in [6.07, 6.45) is 3.49. The molecule has 6 heteroatoms. The zero-order valence-corrected chi connectivity index (χ0v) is 11.2. The van der Waals surface area contributed by atoms with Crippen LogP contribution in [0.1, 0.15) is 11.3 Å². The molecule has 0 saturated heterocycles. The predicted molar refractivity (Wildman–Crippen MR) is 69.9 cm³/mol. The van der Waals surface area contributed by atoms with Crippen LogP contribution in [0, 0.1) is 6.92 Å². The second kappa shape index (κ2) is 4.37. The third kappa shape index (κ3) is 2.26. The number of aromatic nitrogens is 3. The molecule has 5 nitrogen and oxygen atoms in total. The molecule has 0 spiro atoms. The van der Waals surface area contributed by atoms with Gasteiger partial charge in [0.25, 0.3) is 5.56 Å². The van der Waals surface area contributed by atoms with Gasteiger partial charge in [0.15, 0.2) is 0 Å². The van der Waals surface area contributed by atoms with Crippen LogP contribution in [0.4, 0.5) is 5.69 Å². The highest BCUT2D eigenvalue weighted by Gasteiger charge is 2.09. The average Bonchev–Trinajstić information content (AvgIpc) is 2.69. The standard InChI is InChI=1S/C11H13BrN4O/c1-7-9(13)6-16(11(17)10(7)12)5-8-3-4-15(2)14-8/h3-4,6H,5,13H2,1-2H3. The number of halogens is 1. The number of nitrogens with zero attached hydrogens (tertiary/aromatic N) is 3. The summed E-state index contributed by atoms with van der Waals surface area (Å²) in [7, 11) is 1.84. The Labute approximate surface area is 107 Å². The van der Waals surface area contributed by atoms with E-state index < -0.39 is 0 Å². The molecule has 0 saturated carbocycles. The van der Waals surface area contributed by atoms with Crippen molar-refractivity contribution < 1.29 is 0 Å². The Bertz CT molecular complexity index is 614. The number of nitrogens with two attached hydrogens (primary N) is 1. The molecule has 0 bridgehead atoms. The first-order chi connectivity index (χ1) is 7.99. The molecule has 2 N–H and O–H groups in total. The Morgan fingerprint density at radius 3 is 2.82 bits per heavy atom. The van der Waals surface area contributed by atoms with E-state index in [4.69, 9.17) is 5.73 Å². The van der Waals surface area contributed by atoms with E-state index in [1.165, 1.54) is 0 Å². The van der Waals surface area contributed by atoms with Crippen LogP contribution in [-0.4, -0.2) is 14.3 Å². The van der Waals surface area contributed by atoms with Crippen molar-refractivity contribution >= 4 is 21.6 Å². The minimum Gasteiger partial charge on any atom is -0.397 e. The van der Waals surface area contributed by atoms with Crippen molar-refractivity contribution in [1.82, 2.24) is 14.3 Å². The predicted octanol–water partition coefficient (Wildman–Crippen LogP) is 1.28. The van der Waals surface area contributed by atoms with E-state index in [0.29, 0.717) is 16.7 Å². The van der Waals surface area contributed by atoms with Crippen molar-refractivity contribution in [1.29, 1.82) is 0 Å². The van der Waals surface area contributed by atoms with Gasteiger partial charge in [0.05, 0.1) is 22.4 Å². The van der Waals surface area contributed by atoms with Gasteiger partial charge >= 0.3 is 0 Å². The maximum absolute atomic E-state index is 12.0. The normalized spacial score (nSPS) is 10.8. The lowest BCUT2D eigenvalue weighted by Gasteiger charge is -2.08. The maximum atomic E-state index is 12.0. The lowest BCUT2D eigenvalue weighted by molar-refractivity contribution is 0.690. The van der Waals surface area contributed by atoms with Gasteiger partial charge in [0, 0.05) is 19.4 Å². The monoisotopic (exact) mass is 296 g/mol. The minimum atomic E-state index is -0.0950. The number of hydrogen-bond donors (Lipinski definition) is 1. The number of nitrogen functional groups attached to an aromatic ring is 1. The highest BCUT2D eigenvalue weighted by molar-refractivity contribution is 9.10. The first-order valence-electron chi connectivity index (χ1n) is 5.12. The van der Waals surface area contributed by atoms with Crippen LogP contribution in [0.25, 0.3) is 0 Å². The summed E-state index contributed by atoms with van der Waals surface area (Å²) >= 11 is 3.26. The summed E-state index contributed by atoms with van der Waals surface area (Å²) in [4.78, 5) is 12.0. The molecular formula is C11H13BrN4O. The highest BCUT2D eigenvalue weighted by atomic mass is 79.9. The molecule has 0 atom stereocenters. The lowest BCUT2D eigenvalue weighted by Crippen LogP contribution is -2.23. The van der Waals surface area contributed by atoms with E-state index in [0.717, 1.165) is 11.3 Å². The molecule has 0 amide bonds. The summed E-state index contributed by atoms with van der Waals surface area (Å²) in [6.45, 7) is 2.23. The number of anilines is 1. The van der Waals surface area contributed by atoms with Crippen LogP contribution < -0.4 is 11.3 Å². The van der Waals surface area contributed by atoms with Gasteiger partial charge < -0.3 is 10.3 Å². The third-order valence-corrected chi connectivity index (χ3v) is 3.54. The number of hydrogen-bond acceptors (Lipinski definition) is 3. The number of pyridine rings is 1. The van der Waals surface area contributed by atoms with Gasteiger partial charge in [-0.05, 0) is 34.5 Å². The molecule has 0 radical (unpaired) electrons. The summed E-state index contributed by atoms with van der Waals surface area (Å²) in [6, 6.07) is 1.87. The second-order valence-electron chi connectivity index (χ2n) is 3.94. The molecule has 0 aliphatic rings. The molecule has 2 aromatic rings. The van der Waals surface area contributed by atoms with E-state index >= 15 is 0 Å². The molecule has 0 unspecified atom stereocenters. The Hall–Kier alpha value is -1.56. The van der Waals surface area contributed by atoms with Crippen LogP contribution in [-0.2, 0) is 13.6 Å². The first kappa shape index (κ1) is 11.9. The van der Waals surface area contributed by atoms with Gasteiger partial charge in [-0.3, -0.25) is 9.48 Å². The van der Waals surface area contributed by atoms with Crippen LogP contribution in [0.3, 0.4) is 0 Å². The Morgan fingerprint density at radius 1 is 1.53 bits per heavy atom. The van der Waals surface area contributed by atoms with Gasteiger partial charge in [0.1, 0.15) is 0 Å². The van der Waals surface area contributed by atoms with Crippen LogP contribution in [0.15, 0.2) is 27.7 Å². The van der Waals surface area contributed by atoms with Gasteiger partial charge in [-0.15, -0.1) is 0 Å². The summed E-state index contributed by atoms with van der Waals surface area (Å²) in [5.74, 6) is 0. The molecule has 90 valence electrons.